The lowest BCUT2D eigenvalue weighted by Crippen LogP contribution is -2.44. The van der Waals surface area contributed by atoms with E-state index in [9.17, 15) is 19.2 Å². The molecule has 0 saturated carbocycles. The highest BCUT2D eigenvalue weighted by molar-refractivity contribution is 5.86. The first-order chi connectivity index (χ1) is 14.1. The quantitative estimate of drug-likeness (QED) is 0.428. The van der Waals surface area contributed by atoms with Crippen molar-refractivity contribution < 1.29 is 19.2 Å². The fourth-order valence-corrected chi connectivity index (χ4v) is 3.30. The number of rotatable bonds is 14. The van der Waals surface area contributed by atoms with Crippen LogP contribution in [-0.2, 0) is 19.2 Å². The van der Waals surface area contributed by atoms with Crippen LogP contribution in [0.15, 0.2) is 0 Å². The second kappa shape index (κ2) is 16.0. The minimum Gasteiger partial charge on any atom is -0.370 e. The normalized spacial score (nSPS) is 13.4. The van der Waals surface area contributed by atoms with Crippen LogP contribution < -0.4 is 11.5 Å². The average Bonchev–Trinajstić information content (AvgIpc) is 2.63. The summed E-state index contributed by atoms with van der Waals surface area (Å²) in [5, 5.41) is 0. The first-order valence-electron chi connectivity index (χ1n) is 11.5. The third kappa shape index (κ3) is 14.8. The molecule has 0 saturated heterocycles. The molecule has 0 bridgehead atoms. The second-order valence-electron chi connectivity index (χ2n) is 9.73. The molecule has 4 N–H and O–H groups in total. The number of primary amides is 2. The molecule has 0 unspecified atom stereocenters. The molecule has 0 aromatic carbocycles. The fourth-order valence-electron chi connectivity index (χ4n) is 3.30. The van der Waals surface area contributed by atoms with Gasteiger partial charge in [0.05, 0.1) is 6.04 Å². The number of carbonyl (C=O) groups is 4. The summed E-state index contributed by atoms with van der Waals surface area (Å²) in [6.45, 7) is 15.8. The molecule has 0 aliphatic carbocycles. The van der Waals surface area contributed by atoms with Gasteiger partial charge in [0.15, 0.2) is 5.78 Å². The number of Topliss-reactive ketones (excluding diaryl/α,β-unsaturated/α-hetero) is 2. The maximum absolute atomic E-state index is 12.0. The summed E-state index contributed by atoms with van der Waals surface area (Å²) >= 11 is 0. The molecule has 2 atom stereocenters. The standard InChI is InChI=1S/C12H24N2O2.C12H23NO2/c1-8(2)12(16)10(6-7-11(13)15)14(5)9(3)4;1-8(2)7-10(5-6-11(13)14)12(15)9(3)4/h8-10H,6-7H2,1-5H3,(H2,13,15);8-10H,5-7H2,1-4H3,(H2,13,14)/t2*10-/m01/s1. The zero-order valence-electron chi connectivity index (χ0n) is 21.2. The van der Waals surface area contributed by atoms with Crippen molar-refractivity contribution in [3.63, 3.8) is 0 Å². The van der Waals surface area contributed by atoms with Crippen LogP contribution in [0.4, 0.5) is 0 Å². The lowest BCUT2D eigenvalue weighted by atomic mass is 9.85. The van der Waals surface area contributed by atoms with Crippen molar-refractivity contribution in [1.82, 2.24) is 4.90 Å². The van der Waals surface area contributed by atoms with Crippen molar-refractivity contribution in [2.75, 3.05) is 7.05 Å². The second-order valence-corrected chi connectivity index (χ2v) is 9.73. The SMILES string of the molecule is CC(C)C(=O)[C@H](CCC(N)=O)N(C)C(C)C.CC(C)C[C@@H](CCC(N)=O)C(=O)C(C)C. The van der Waals surface area contributed by atoms with Gasteiger partial charge < -0.3 is 11.5 Å². The molecule has 7 heteroatoms. The van der Waals surface area contributed by atoms with Gasteiger partial charge in [-0.15, -0.1) is 0 Å². The average molecular weight is 442 g/mol. The minimum atomic E-state index is -0.348. The molecule has 0 aromatic rings. The largest absolute Gasteiger partial charge is 0.370 e. The highest BCUT2D eigenvalue weighted by Crippen LogP contribution is 2.21. The minimum absolute atomic E-state index is 0.00231. The van der Waals surface area contributed by atoms with E-state index in [4.69, 9.17) is 11.5 Å². The van der Waals surface area contributed by atoms with Gasteiger partial charge in [-0.25, -0.2) is 0 Å². The van der Waals surface area contributed by atoms with Crippen molar-refractivity contribution in [2.45, 2.75) is 99.6 Å². The maximum atomic E-state index is 12.0. The Bertz CT molecular complexity index is 571. The molecule has 0 spiro atoms. The molecule has 0 aliphatic rings. The molecule has 0 radical (unpaired) electrons. The lowest BCUT2D eigenvalue weighted by molar-refractivity contribution is -0.128. The predicted molar refractivity (Wildman–Crippen MR) is 126 cm³/mol. The highest BCUT2D eigenvalue weighted by atomic mass is 16.2. The van der Waals surface area contributed by atoms with Crippen LogP contribution in [0.3, 0.4) is 0 Å². The van der Waals surface area contributed by atoms with Crippen molar-refractivity contribution in [2.24, 2.45) is 35.1 Å². The lowest BCUT2D eigenvalue weighted by Gasteiger charge is -2.31. The number of hydrogen-bond donors (Lipinski definition) is 2. The van der Waals surface area contributed by atoms with Gasteiger partial charge in [-0.2, -0.15) is 0 Å². The maximum Gasteiger partial charge on any atom is 0.217 e. The molecule has 2 amide bonds. The molecule has 7 nitrogen and oxygen atoms in total. The Morgan fingerprint density at radius 2 is 1.13 bits per heavy atom. The molecule has 31 heavy (non-hydrogen) atoms. The Labute approximate surface area is 189 Å². The van der Waals surface area contributed by atoms with Gasteiger partial charge in [0, 0.05) is 36.6 Å². The van der Waals surface area contributed by atoms with Crippen LogP contribution in [0.5, 0.6) is 0 Å². The van der Waals surface area contributed by atoms with E-state index in [-0.39, 0.29) is 59.6 Å². The topological polar surface area (TPSA) is 124 Å². The van der Waals surface area contributed by atoms with Crippen molar-refractivity contribution >= 4 is 23.4 Å². The molecular weight excluding hydrogens is 394 g/mol. The molecular formula is C24H47N3O4. The summed E-state index contributed by atoms with van der Waals surface area (Å²) in [7, 11) is 1.91. The number of likely N-dealkylation sites (N-methyl/N-ethyl adjacent to an activating group) is 1. The number of amides is 2. The van der Waals surface area contributed by atoms with E-state index in [0.717, 1.165) is 6.42 Å². The summed E-state index contributed by atoms with van der Waals surface area (Å²) in [5.41, 5.74) is 10.2. The monoisotopic (exact) mass is 441 g/mol. The fraction of sp³-hybridized carbons (Fsp3) is 0.833. The van der Waals surface area contributed by atoms with Gasteiger partial charge in [-0.1, -0.05) is 41.5 Å². The summed E-state index contributed by atoms with van der Waals surface area (Å²) in [5.74, 6) is 0.269. The van der Waals surface area contributed by atoms with Crippen LogP contribution in [0.1, 0.15) is 87.5 Å². The molecule has 0 aliphatic heterocycles. The number of hydrogen-bond acceptors (Lipinski definition) is 5. The number of carbonyl (C=O) groups excluding carboxylic acids is 4. The van der Waals surface area contributed by atoms with Crippen molar-refractivity contribution in [1.29, 1.82) is 0 Å². The Kier molecular flexibility index (Phi) is 16.2. The Balaban J connectivity index is 0. The van der Waals surface area contributed by atoms with Crippen molar-refractivity contribution in [3.05, 3.63) is 0 Å². The molecule has 0 heterocycles. The Morgan fingerprint density at radius 1 is 0.710 bits per heavy atom. The van der Waals surface area contributed by atoms with E-state index in [1.165, 1.54) is 0 Å². The van der Waals surface area contributed by atoms with Gasteiger partial charge in [0.1, 0.15) is 5.78 Å². The third-order valence-electron chi connectivity index (χ3n) is 5.33. The number of ketones is 2. The van der Waals surface area contributed by atoms with E-state index >= 15 is 0 Å². The summed E-state index contributed by atoms with van der Waals surface area (Å²) < 4.78 is 0. The van der Waals surface area contributed by atoms with Gasteiger partial charge in [-0.3, -0.25) is 24.1 Å². The zero-order valence-corrected chi connectivity index (χ0v) is 21.2. The van der Waals surface area contributed by atoms with Gasteiger partial charge >= 0.3 is 0 Å². The Hall–Kier alpha value is -1.76. The zero-order chi connectivity index (χ0) is 24.9. The third-order valence-corrected chi connectivity index (χ3v) is 5.33. The molecule has 182 valence electrons. The van der Waals surface area contributed by atoms with Crippen LogP contribution in [0.25, 0.3) is 0 Å². The number of nitrogens with two attached hydrogens (primary N) is 2. The van der Waals surface area contributed by atoms with E-state index in [1.54, 1.807) is 0 Å². The van der Waals surface area contributed by atoms with Crippen molar-refractivity contribution in [3.8, 4) is 0 Å². The smallest absolute Gasteiger partial charge is 0.217 e. The van der Waals surface area contributed by atoms with Gasteiger partial charge in [0.25, 0.3) is 0 Å². The molecule has 0 fully saturated rings. The van der Waals surface area contributed by atoms with Gasteiger partial charge in [0.2, 0.25) is 11.8 Å². The van der Waals surface area contributed by atoms with Crippen LogP contribution in [-0.4, -0.2) is 47.4 Å². The Morgan fingerprint density at radius 3 is 1.45 bits per heavy atom. The van der Waals surface area contributed by atoms with Crippen LogP contribution in [0, 0.1) is 23.7 Å². The van der Waals surface area contributed by atoms with E-state index in [2.05, 4.69) is 13.8 Å². The summed E-state index contributed by atoms with van der Waals surface area (Å²) in [4.78, 5) is 47.3. The highest BCUT2D eigenvalue weighted by Gasteiger charge is 2.27. The number of nitrogens with zero attached hydrogens (tertiary/aromatic N) is 1. The van der Waals surface area contributed by atoms with E-state index in [1.807, 2.05) is 53.5 Å². The first-order valence-corrected chi connectivity index (χ1v) is 11.5. The molecule has 0 aromatic heterocycles. The summed E-state index contributed by atoms with van der Waals surface area (Å²) in [6.07, 6.45) is 2.55. The van der Waals surface area contributed by atoms with Crippen LogP contribution >= 0.6 is 0 Å². The summed E-state index contributed by atoms with van der Waals surface area (Å²) in [6, 6.07) is 0.0769. The predicted octanol–water partition coefficient (Wildman–Crippen LogP) is 3.33. The van der Waals surface area contributed by atoms with Crippen LogP contribution in [0.2, 0.25) is 0 Å². The van der Waals surface area contributed by atoms with Gasteiger partial charge in [-0.05, 0) is 46.1 Å². The van der Waals surface area contributed by atoms with E-state index in [0.29, 0.717) is 25.2 Å². The molecule has 0 rings (SSSR count). The first kappa shape index (κ1) is 31.4. The van der Waals surface area contributed by atoms with E-state index < -0.39 is 0 Å².